The van der Waals surface area contributed by atoms with Crippen molar-refractivity contribution in [2.75, 3.05) is 11.7 Å². The van der Waals surface area contributed by atoms with Crippen LogP contribution in [0.25, 0.3) is 0 Å². The molecule has 2 aromatic rings. The number of anilines is 1. The molecule has 5 nitrogen and oxygen atoms in total. The highest BCUT2D eigenvalue weighted by atomic mass is 32.2. The van der Waals surface area contributed by atoms with Crippen molar-refractivity contribution in [3.05, 3.63) is 54.4 Å². The summed E-state index contributed by atoms with van der Waals surface area (Å²) in [7, 11) is -3.16. The highest BCUT2D eigenvalue weighted by molar-refractivity contribution is 7.90. The average molecular weight is 289 g/mol. The third-order valence-electron chi connectivity index (χ3n) is 2.73. The molecular weight excluding hydrogens is 274 g/mol. The first-order valence-electron chi connectivity index (χ1n) is 5.97. The molecule has 1 heterocycles. The van der Waals surface area contributed by atoms with E-state index in [0.717, 1.165) is 17.0 Å². The number of hydrazone groups is 1. The number of nitrogens with one attached hydrogen (secondary N) is 1. The molecule has 2 rings (SSSR count). The summed E-state index contributed by atoms with van der Waals surface area (Å²) in [6.07, 6.45) is 4.54. The molecule has 20 heavy (non-hydrogen) atoms. The Morgan fingerprint density at radius 3 is 2.25 bits per heavy atom. The van der Waals surface area contributed by atoms with Crippen LogP contribution in [0.4, 0.5) is 5.69 Å². The molecule has 1 N–H and O–H groups in total. The van der Waals surface area contributed by atoms with E-state index in [2.05, 4.69) is 15.5 Å². The SMILES string of the molecule is C/C(=N\Nc1ccncc1)c1ccc(S(C)(=O)=O)cc1. The quantitative estimate of drug-likeness (QED) is 0.692. The van der Waals surface area contributed by atoms with E-state index < -0.39 is 9.84 Å². The van der Waals surface area contributed by atoms with E-state index >= 15 is 0 Å². The minimum atomic E-state index is -3.16. The third-order valence-corrected chi connectivity index (χ3v) is 3.86. The Balaban J connectivity index is 2.15. The molecule has 6 heteroatoms. The summed E-state index contributed by atoms with van der Waals surface area (Å²) >= 11 is 0. The molecule has 1 aromatic heterocycles. The number of pyridine rings is 1. The van der Waals surface area contributed by atoms with Crippen LogP contribution in [0.1, 0.15) is 12.5 Å². The van der Waals surface area contributed by atoms with Gasteiger partial charge in [-0.1, -0.05) is 12.1 Å². The van der Waals surface area contributed by atoms with E-state index in [1.807, 2.05) is 19.1 Å². The van der Waals surface area contributed by atoms with Crippen LogP contribution in [0.5, 0.6) is 0 Å². The zero-order valence-corrected chi connectivity index (χ0v) is 12.1. The van der Waals surface area contributed by atoms with Crippen LogP contribution in [-0.2, 0) is 9.84 Å². The molecule has 0 fully saturated rings. The zero-order chi connectivity index (χ0) is 14.6. The zero-order valence-electron chi connectivity index (χ0n) is 11.2. The van der Waals surface area contributed by atoms with E-state index in [1.54, 1.807) is 36.7 Å². The van der Waals surface area contributed by atoms with Crippen molar-refractivity contribution in [1.29, 1.82) is 0 Å². The lowest BCUT2D eigenvalue weighted by atomic mass is 10.1. The molecule has 0 atom stereocenters. The fraction of sp³-hybridized carbons (Fsp3) is 0.143. The van der Waals surface area contributed by atoms with Gasteiger partial charge in [0.05, 0.1) is 16.3 Å². The van der Waals surface area contributed by atoms with Crippen LogP contribution in [0.15, 0.2) is 58.8 Å². The van der Waals surface area contributed by atoms with Crippen molar-refractivity contribution in [3.63, 3.8) is 0 Å². The van der Waals surface area contributed by atoms with Crippen LogP contribution in [-0.4, -0.2) is 25.4 Å². The van der Waals surface area contributed by atoms with Crippen LogP contribution >= 0.6 is 0 Å². The second kappa shape index (κ2) is 5.83. The molecule has 0 radical (unpaired) electrons. The van der Waals surface area contributed by atoms with Crippen LogP contribution in [0.2, 0.25) is 0 Å². The van der Waals surface area contributed by atoms with Crippen LogP contribution < -0.4 is 5.43 Å². The highest BCUT2D eigenvalue weighted by Gasteiger charge is 2.06. The fourth-order valence-corrected chi connectivity index (χ4v) is 2.21. The van der Waals surface area contributed by atoms with Crippen LogP contribution in [0, 0.1) is 0 Å². The summed E-state index contributed by atoms with van der Waals surface area (Å²) < 4.78 is 22.8. The van der Waals surface area contributed by atoms with Crippen molar-refractivity contribution in [2.45, 2.75) is 11.8 Å². The number of rotatable bonds is 4. The fourth-order valence-electron chi connectivity index (χ4n) is 1.58. The first kappa shape index (κ1) is 14.2. The van der Waals surface area contributed by atoms with Gasteiger partial charge in [0.2, 0.25) is 0 Å². The summed E-state index contributed by atoms with van der Waals surface area (Å²) in [6, 6.07) is 10.3. The van der Waals surface area contributed by atoms with Gasteiger partial charge in [-0.3, -0.25) is 10.4 Å². The minimum Gasteiger partial charge on any atom is -0.278 e. The maximum Gasteiger partial charge on any atom is 0.175 e. The second-order valence-electron chi connectivity index (χ2n) is 4.34. The molecule has 0 saturated carbocycles. The summed E-state index contributed by atoms with van der Waals surface area (Å²) in [6.45, 7) is 1.85. The van der Waals surface area contributed by atoms with E-state index in [0.29, 0.717) is 4.90 Å². The van der Waals surface area contributed by atoms with Crippen molar-refractivity contribution >= 4 is 21.2 Å². The molecule has 0 aliphatic heterocycles. The summed E-state index contributed by atoms with van der Waals surface area (Å²) in [4.78, 5) is 4.22. The molecule has 0 spiro atoms. The number of nitrogens with zero attached hydrogens (tertiary/aromatic N) is 2. The molecule has 0 aliphatic carbocycles. The lowest BCUT2D eigenvalue weighted by Gasteiger charge is -2.04. The first-order chi connectivity index (χ1) is 9.47. The molecule has 0 aliphatic rings. The van der Waals surface area contributed by atoms with E-state index in [9.17, 15) is 8.42 Å². The maximum absolute atomic E-state index is 11.4. The minimum absolute atomic E-state index is 0.302. The highest BCUT2D eigenvalue weighted by Crippen LogP contribution is 2.11. The Labute approximate surface area is 118 Å². The summed E-state index contributed by atoms with van der Waals surface area (Å²) in [5.41, 5.74) is 5.38. The van der Waals surface area contributed by atoms with Gasteiger partial charge in [-0.2, -0.15) is 5.10 Å². The van der Waals surface area contributed by atoms with Crippen molar-refractivity contribution < 1.29 is 8.42 Å². The van der Waals surface area contributed by atoms with Gasteiger partial charge >= 0.3 is 0 Å². The van der Waals surface area contributed by atoms with Gasteiger partial charge in [-0.25, -0.2) is 8.42 Å². The van der Waals surface area contributed by atoms with Crippen molar-refractivity contribution in [1.82, 2.24) is 4.98 Å². The number of benzene rings is 1. The molecule has 0 bridgehead atoms. The maximum atomic E-state index is 11.4. The lowest BCUT2D eigenvalue weighted by molar-refractivity contribution is 0.602. The van der Waals surface area contributed by atoms with Gasteiger partial charge in [0.1, 0.15) is 0 Å². The Hall–Kier alpha value is -2.21. The number of hydrogen-bond acceptors (Lipinski definition) is 5. The summed E-state index contributed by atoms with van der Waals surface area (Å²) in [5.74, 6) is 0. The smallest absolute Gasteiger partial charge is 0.175 e. The topological polar surface area (TPSA) is 71.4 Å². The van der Waals surface area contributed by atoms with Gasteiger partial charge in [0.15, 0.2) is 9.84 Å². The molecule has 1 aromatic carbocycles. The molecule has 0 unspecified atom stereocenters. The van der Waals surface area contributed by atoms with Gasteiger partial charge in [-0.15, -0.1) is 0 Å². The van der Waals surface area contributed by atoms with Crippen molar-refractivity contribution in [3.8, 4) is 0 Å². The van der Waals surface area contributed by atoms with Gasteiger partial charge in [0.25, 0.3) is 0 Å². The largest absolute Gasteiger partial charge is 0.278 e. The first-order valence-corrected chi connectivity index (χ1v) is 7.87. The van der Waals surface area contributed by atoms with E-state index in [1.165, 1.54) is 6.26 Å². The normalized spacial score (nSPS) is 12.2. The number of sulfone groups is 1. The predicted octanol–water partition coefficient (Wildman–Crippen LogP) is 2.32. The predicted molar refractivity (Wildman–Crippen MR) is 79.6 cm³/mol. The second-order valence-corrected chi connectivity index (χ2v) is 6.36. The lowest BCUT2D eigenvalue weighted by Crippen LogP contribution is -2.01. The molecule has 104 valence electrons. The third kappa shape index (κ3) is 3.64. The standard InChI is InChI=1S/C14H15N3O2S/c1-11(16-17-13-7-9-15-10-8-13)12-3-5-14(6-4-12)20(2,18)19/h3-10H,1-2H3,(H,15,17)/b16-11+. The molecule has 0 saturated heterocycles. The van der Waals surface area contributed by atoms with Crippen LogP contribution in [0.3, 0.4) is 0 Å². The molecule has 0 amide bonds. The number of hydrogen-bond donors (Lipinski definition) is 1. The Bertz CT molecular complexity index is 708. The monoisotopic (exact) mass is 289 g/mol. The number of aromatic nitrogens is 1. The van der Waals surface area contributed by atoms with Gasteiger partial charge < -0.3 is 0 Å². The van der Waals surface area contributed by atoms with E-state index in [-0.39, 0.29) is 0 Å². The van der Waals surface area contributed by atoms with Gasteiger partial charge in [0, 0.05) is 18.6 Å². The summed E-state index contributed by atoms with van der Waals surface area (Å²) in [5, 5.41) is 4.25. The van der Waals surface area contributed by atoms with Crippen molar-refractivity contribution in [2.24, 2.45) is 5.10 Å². The molecular formula is C14H15N3O2S. The van der Waals surface area contributed by atoms with E-state index in [4.69, 9.17) is 0 Å². The Morgan fingerprint density at radius 1 is 1.10 bits per heavy atom. The average Bonchev–Trinajstić information content (AvgIpc) is 2.45. The van der Waals surface area contributed by atoms with Gasteiger partial charge in [-0.05, 0) is 36.8 Å². The Morgan fingerprint density at radius 2 is 1.70 bits per heavy atom. The Kier molecular flexibility index (Phi) is 4.14.